The highest BCUT2D eigenvalue weighted by atomic mass is 32.2. The zero-order valence-electron chi connectivity index (χ0n) is 14.4. The quantitative estimate of drug-likeness (QED) is 0.650. The van der Waals surface area contributed by atoms with E-state index in [2.05, 4.69) is 0 Å². The maximum atomic E-state index is 12.3. The van der Waals surface area contributed by atoms with Crippen molar-refractivity contribution in [3.8, 4) is 11.5 Å². The predicted molar refractivity (Wildman–Crippen MR) is 95.2 cm³/mol. The van der Waals surface area contributed by atoms with E-state index in [1.54, 1.807) is 18.2 Å². The molecule has 2 heterocycles. The molecule has 1 aliphatic rings. The number of aryl methyl sites for hydroxylation is 2. The van der Waals surface area contributed by atoms with Gasteiger partial charge in [-0.25, -0.2) is 0 Å². The Balaban J connectivity index is 1.51. The van der Waals surface area contributed by atoms with Gasteiger partial charge in [0.15, 0.2) is 17.6 Å². The van der Waals surface area contributed by atoms with Crippen molar-refractivity contribution in [1.82, 2.24) is 0 Å². The van der Waals surface area contributed by atoms with Gasteiger partial charge in [-0.15, -0.1) is 0 Å². The lowest BCUT2D eigenvalue weighted by atomic mass is 10.2. The molecule has 0 saturated heterocycles. The molecule has 1 atom stereocenters. The second kappa shape index (κ2) is 6.34. The van der Waals surface area contributed by atoms with Crippen molar-refractivity contribution >= 4 is 21.1 Å². The van der Waals surface area contributed by atoms with E-state index in [1.165, 1.54) is 12.1 Å². The van der Waals surface area contributed by atoms with E-state index in [0.29, 0.717) is 17.1 Å². The third-order valence-electron chi connectivity index (χ3n) is 4.17. The highest BCUT2D eigenvalue weighted by molar-refractivity contribution is 7.86. The Morgan fingerprint density at radius 1 is 1.12 bits per heavy atom. The topological polar surface area (TPSA) is 75.0 Å². The molecule has 0 amide bonds. The second-order valence-electron chi connectivity index (χ2n) is 6.26. The van der Waals surface area contributed by atoms with Crippen molar-refractivity contribution in [3.63, 3.8) is 0 Å². The zero-order valence-corrected chi connectivity index (χ0v) is 15.2. The van der Waals surface area contributed by atoms with E-state index >= 15 is 0 Å². The first-order valence-electron chi connectivity index (χ1n) is 8.21. The van der Waals surface area contributed by atoms with Crippen LogP contribution < -0.4 is 9.47 Å². The summed E-state index contributed by atoms with van der Waals surface area (Å²) in [4.78, 5) is 0.119. The first-order valence-corrected chi connectivity index (χ1v) is 9.62. The summed E-state index contributed by atoms with van der Waals surface area (Å²) in [6.07, 6.45) is -0.538. The van der Waals surface area contributed by atoms with Gasteiger partial charge >= 0.3 is 0 Å². The number of ether oxygens (including phenoxy) is 2. The van der Waals surface area contributed by atoms with Crippen LogP contribution in [0.25, 0.3) is 11.0 Å². The van der Waals surface area contributed by atoms with Crippen molar-refractivity contribution in [2.75, 3.05) is 13.2 Å². The van der Waals surface area contributed by atoms with E-state index in [0.717, 1.165) is 16.7 Å². The first-order chi connectivity index (χ1) is 12.4. The van der Waals surface area contributed by atoms with Gasteiger partial charge < -0.3 is 13.9 Å². The number of furan rings is 1. The Hall–Kier alpha value is -2.51. The van der Waals surface area contributed by atoms with Crippen LogP contribution in [0.5, 0.6) is 11.5 Å². The van der Waals surface area contributed by atoms with E-state index in [1.807, 2.05) is 26.0 Å². The summed E-state index contributed by atoms with van der Waals surface area (Å²) >= 11 is 0. The second-order valence-corrected chi connectivity index (χ2v) is 7.88. The fraction of sp³-hybridized carbons (Fsp3) is 0.263. The molecule has 136 valence electrons. The Morgan fingerprint density at radius 3 is 2.65 bits per heavy atom. The molecule has 6 nitrogen and oxygen atoms in total. The summed E-state index contributed by atoms with van der Waals surface area (Å²) < 4.78 is 47.0. The Morgan fingerprint density at radius 2 is 1.88 bits per heavy atom. The maximum absolute atomic E-state index is 12.3. The summed E-state index contributed by atoms with van der Waals surface area (Å²) in [5.41, 5.74) is 1.67. The molecule has 0 unspecified atom stereocenters. The third-order valence-corrected chi connectivity index (χ3v) is 5.46. The minimum atomic E-state index is -3.85. The van der Waals surface area contributed by atoms with Crippen LogP contribution in [0.4, 0.5) is 0 Å². The molecule has 0 N–H and O–H groups in total. The molecule has 0 aliphatic carbocycles. The van der Waals surface area contributed by atoms with Crippen LogP contribution in [0.3, 0.4) is 0 Å². The molecule has 2 aromatic carbocycles. The third kappa shape index (κ3) is 3.15. The fourth-order valence-corrected chi connectivity index (χ4v) is 3.77. The molecular weight excluding hydrogens is 356 g/mol. The van der Waals surface area contributed by atoms with E-state index in [9.17, 15) is 8.42 Å². The summed E-state index contributed by atoms with van der Waals surface area (Å²) in [6, 6.07) is 12.0. The van der Waals surface area contributed by atoms with Gasteiger partial charge in [0.05, 0.1) is 10.3 Å². The van der Waals surface area contributed by atoms with Crippen molar-refractivity contribution in [2.24, 2.45) is 0 Å². The molecule has 4 rings (SSSR count). The maximum Gasteiger partial charge on any atom is 0.297 e. The van der Waals surface area contributed by atoms with E-state index < -0.39 is 16.2 Å². The Kier molecular flexibility index (Phi) is 4.13. The van der Waals surface area contributed by atoms with Gasteiger partial charge in [0, 0.05) is 0 Å². The summed E-state index contributed by atoms with van der Waals surface area (Å²) in [5, 5.41) is 0.797. The van der Waals surface area contributed by atoms with Gasteiger partial charge in [0.1, 0.15) is 24.6 Å². The number of hydrogen-bond acceptors (Lipinski definition) is 6. The lowest BCUT2D eigenvalue weighted by Crippen LogP contribution is -2.34. The number of fused-ring (bicyclic) bond motifs is 3. The van der Waals surface area contributed by atoms with Crippen molar-refractivity contribution in [2.45, 2.75) is 24.8 Å². The lowest BCUT2D eigenvalue weighted by molar-refractivity contribution is 0.0571. The van der Waals surface area contributed by atoms with Crippen LogP contribution in [0.15, 0.2) is 51.8 Å². The zero-order chi connectivity index (χ0) is 18.3. The van der Waals surface area contributed by atoms with Crippen molar-refractivity contribution in [1.29, 1.82) is 0 Å². The van der Waals surface area contributed by atoms with E-state index in [4.69, 9.17) is 18.1 Å². The summed E-state index contributed by atoms with van der Waals surface area (Å²) in [5.74, 6) is 1.92. The Bertz CT molecular complexity index is 1050. The molecule has 0 spiro atoms. The van der Waals surface area contributed by atoms with Crippen molar-refractivity contribution < 1.29 is 26.5 Å². The number of benzene rings is 2. The first kappa shape index (κ1) is 16.9. The monoisotopic (exact) mass is 374 g/mol. The van der Waals surface area contributed by atoms with Crippen LogP contribution in [-0.2, 0) is 14.3 Å². The van der Waals surface area contributed by atoms with Crippen LogP contribution in [0, 0.1) is 13.8 Å². The largest absolute Gasteiger partial charge is 0.486 e. The summed E-state index contributed by atoms with van der Waals surface area (Å²) in [7, 11) is -3.85. The van der Waals surface area contributed by atoms with Crippen LogP contribution in [0.2, 0.25) is 0 Å². The number of hydrogen-bond donors (Lipinski definition) is 0. The highest BCUT2D eigenvalue weighted by Gasteiger charge is 2.27. The lowest BCUT2D eigenvalue weighted by Gasteiger charge is -2.26. The molecular formula is C19H18O6S. The SMILES string of the molecule is Cc1ccc(S(=O)(=O)OC[C@H]2COc3ccc4oc(C)cc4c3O2)cc1. The van der Waals surface area contributed by atoms with Gasteiger partial charge in [-0.1, -0.05) is 17.7 Å². The Labute approximate surface area is 151 Å². The van der Waals surface area contributed by atoms with Crippen molar-refractivity contribution in [3.05, 3.63) is 53.8 Å². The van der Waals surface area contributed by atoms with Gasteiger partial charge in [0.25, 0.3) is 10.1 Å². The van der Waals surface area contributed by atoms with Crippen LogP contribution in [-0.4, -0.2) is 27.7 Å². The molecule has 1 aromatic heterocycles. The molecule has 26 heavy (non-hydrogen) atoms. The summed E-state index contributed by atoms with van der Waals surface area (Å²) in [6.45, 7) is 3.81. The van der Waals surface area contributed by atoms with Gasteiger partial charge in [0.2, 0.25) is 0 Å². The van der Waals surface area contributed by atoms with Crippen LogP contribution in [0.1, 0.15) is 11.3 Å². The molecule has 0 fully saturated rings. The van der Waals surface area contributed by atoms with Gasteiger partial charge in [-0.3, -0.25) is 4.18 Å². The standard InChI is InChI=1S/C19H18O6S/c1-12-3-5-15(6-4-12)26(20,21)23-11-14-10-22-18-8-7-17-16(19(18)25-14)9-13(2)24-17/h3-9,14H,10-11H2,1-2H3/t14-/m1/s1. The molecule has 0 radical (unpaired) electrons. The average molecular weight is 374 g/mol. The fourth-order valence-electron chi connectivity index (χ4n) is 2.83. The van der Waals surface area contributed by atoms with Gasteiger partial charge in [-0.2, -0.15) is 8.42 Å². The van der Waals surface area contributed by atoms with E-state index in [-0.39, 0.29) is 18.1 Å². The minimum Gasteiger partial charge on any atom is -0.486 e. The molecule has 1 aliphatic heterocycles. The van der Waals surface area contributed by atoms with Gasteiger partial charge in [-0.05, 0) is 44.2 Å². The van der Waals surface area contributed by atoms with Crippen LogP contribution >= 0.6 is 0 Å². The molecule has 7 heteroatoms. The minimum absolute atomic E-state index is 0.119. The normalized spacial score (nSPS) is 16.8. The predicted octanol–water partition coefficient (Wildman–Crippen LogP) is 3.59. The smallest absolute Gasteiger partial charge is 0.297 e. The molecule has 0 bridgehead atoms. The molecule has 0 saturated carbocycles. The number of rotatable bonds is 4. The highest BCUT2D eigenvalue weighted by Crippen LogP contribution is 2.40. The average Bonchev–Trinajstić information content (AvgIpc) is 3.01. The molecule has 3 aromatic rings.